The van der Waals surface area contributed by atoms with Crippen molar-refractivity contribution >= 4 is 70.7 Å². The molecule has 8 heavy (non-hydrogen) atoms. The molecule has 38 valence electrons. The van der Waals surface area contributed by atoms with E-state index < -0.39 is 0 Å². The van der Waals surface area contributed by atoms with Gasteiger partial charge in [-0.15, -0.1) is 0 Å². The summed E-state index contributed by atoms with van der Waals surface area (Å²) in [5.41, 5.74) is 0. The Morgan fingerprint density at radius 3 is 2.38 bits per heavy atom. The zero-order chi connectivity index (χ0) is 6.78. The molecular weight excluding hydrogens is 408 g/mol. The van der Waals surface area contributed by atoms with Gasteiger partial charge in [-0.3, -0.25) is 0 Å². The van der Waals surface area contributed by atoms with Crippen molar-refractivity contribution in [3.63, 3.8) is 0 Å². The van der Waals surface area contributed by atoms with Crippen LogP contribution in [0.4, 0.5) is 0 Å². The van der Waals surface area contributed by atoms with Gasteiger partial charge in [0, 0.05) is 0 Å². The van der Waals surface area contributed by atoms with Crippen LogP contribution in [0.5, 0.6) is 0 Å². The Morgan fingerprint density at radius 2 is 2.38 bits per heavy atom. The fourth-order valence-corrected chi connectivity index (χ4v) is 0.305. The van der Waals surface area contributed by atoms with E-state index in [9.17, 15) is 4.79 Å². The summed E-state index contributed by atoms with van der Waals surface area (Å²) < 4.78 is 0.0553. The monoisotopic (exact) mass is 415 g/mol. The van der Waals surface area contributed by atoms with Gasteiger partial charge in [-0.05, 0) is 0 Å². The Labute approximate surface area is 120 Å². The molecule has 1 N–H and O–H groups in total. The van der Waals surface area contributed by atoms with Crippen LogP contribution in [0.25, 0.3) is 0 Å². The summed E-state index contributed by atoms with van der Waals surface area (Å²) in [7, 11) is 2.43. The standard InChI is InChI=1S/C3H6NOP.Ra.Rb.H/c1-3(5)2-4-6;;;/h4H,6H2,1H3;;;. The predicted molar refractivity (Wildman–Crippen MR) is 33.4 cm³/mol. The molecule has 0 aromatic carbocycles. The van der Waals surface area contributed by atoms with Crippen LogP contribution in [-0.4, -0.2) is 55.0 Å². The Bertz CT molecular complexity index is 107. The van der Waals surface area contributed by atoms with Crippen LogP contribution in [0, 0.1) is 42.8 Å². The molecule has 0 aliphatic heterocycles. The summed E-state index contributed by atoms with van der Waals surface area (Å²) in [6.07, 6.45) is 0. The third kappa shape index (κ3) is 4.26. The van der Waals surface area contributed by atoms with Crippen molar-refractivity contribution in [2.75, 3.05) is 0 Å². The van der Waals surface area contributed by atoms with Crippen molar-refractivity contribution in [3.8, 4) is 0 Å². The summed E-state index contributed by atoms with van der Waals surface area (Å²) in [6, 6.07) is 0. The maximum atomic E-state index is 10.7. The molecule has 0 saturated heterocycles. The predicted octanol–water partition coefficient (Wildman–Crippen LogP) is -0.941. The number of carbonyl (C=O) groups excluding carboxylic acids is 1. The fourth-order valence-electron chi connectivity index (χ4n) is 0.102. The van der Waals surface area contributed by atoms with Crippen LogP contribution in [0.1, 0.15) is 6.92 Å². The van der Waals surface area contributed by atoms with Crippen molar-refractivity contribution in [1.29, 1.82) is 0 Å². The number of hydrogen-bond donors (Lipinski definition) is 1. The van der Waals surface area contributed by atoms with E-state index in [2.05, 4.69) is 14.5 Å². The third-order valence-corrected chi connectivity index (χ3v) is 12.3. The van der Waals surface area contributed by atoms with Gasteiger partial charge >= 0.3 is 124 Å². The molecule has 2 unspecified atom stereocenters. The Kier molecular flexibility index (Phi) is 7.17. The second-order valence-electron chi connectivity index (χ2n) is 2.33. The number of rotatable bonds is 2. The quantitative estimate of drug-likeness (QED) is 0.590. The van der Waals surface area contributed by atoms with Crippen LogP contribution >= 0.6 is 9.39 Å². The molecule has 0 fully saturated rings. The fraction of sp³-hybridized carbons (Fsp3) is 0.667. The molecule has 2 atom stereocenters. The van der Waals surface area contributed by atoms with Crippen LogP contribution in [0.2, 0.25) is 0 Å². The van der Waals surface area contributed by atoms with E-state index in [1.165, 1.54) is 0 Å². The molecule has 0 radical (unpaired) electrons. The van der Waals surface area contributed by atoms with Gasteiger partial charge in [-0.2, -0.15) is 0 Å². The van der Waals surface area contributed by atoms with E-state index in [1.807, 2.05) is 0 Å². The average molecular weight is 416 g/mol. The number of hydrogen-bond acceptors (Lipinski definition) is 2. The van der Waals surface area contributed by atoms with Crippen molar-refractivity contribution in [2.24, 2.45) is 0 Å². The molecule has 0 aliphatic carbocycles. The van der Waals surface area contributed by atoms with Gasteiger partial charge in [0.05, 0.1) is 0 Å². The van der Waals surface area contributed by atoms with Gasteiger partial charge < -0.3 is 0 Å². The second-order valence-corrected chi connectivity index (χ2v) is 36.0. The molecule has 2 nitrogen and oxygen atoms in total. The van der Waals surface area contributed by atoms with Crippen LogP contribution in [-0.2, 0) is 4.79 Å². The summed E-state index contributed by atoms with van der Waals surface area (Å²) in [5.74, 6) is 0.341. The van der Waals surface area contributed by atoms with Gasteiger partial charge in [0.2, 0.25) is 0 Å². The Morgan fingerprint density at radius 1 is 2.00 bits per heavy atom. The first-order valence-corrected chi connectivity index (χ1v) is 9.64. The van der Waals surface area contributed by atoms with E-state index in [0.29, 0.717) is 104 Å². The average Bonchev–Trinajstić information content (AvgIpc) is 1.67. The van der Waals surface area contributed by atoms with Crippen molar-refractivity contribution in [3.05, 3.63) is 0 Å². The molecule has 0 spiro atoms. The van der Waals surface area contributed by atoms with Crippen molar-refractivity contribution in [2.45, 2.75) is 0.572 Å². The van der Waals surface area contributed by atoms with Crippen LogP contribution in [0.15, 0.2) is 0 Å². The van der Waals surface area contributed by atoms with E-state index in [1.54, 1.807) is 6.92 Å². The third-order valence-electron chi connectivity index (χ3n) is 1.24. The first-order valence-electron chi connectivity index (χ1n) is 2.49. The Balaban J connectivity index is 3.91. The van der Waals surface area contributed by atoms with Crippen LogP contribution < -0.4 is 5.09 Å². The first-order chi connectivity index (χ1) is 3.50. The topological polar surface area (TPSA) is 29.1 Å². The van der Waals surface area contributed by atoms with Crippen LogP contribution in [0.3, 0.4) is 0 Å². The minimum atomic E-state index is 0.0553. The molecule has 0 aliphatic rings. The first kappa shape index (κ1) is 11.3. The summed E-state index contributed by atoms with van der Waals surface area (Å²) in [6.45, 7) is 1.68. The molecule has 0 amide bonds. The molecule has 5 heteroatoms. The SMILES string of the molecule is CC(=O)[C]([Rb])([RaH])NP. The zero-order valence-corrected chi connectivity index (χ0v) is 19.8. The molecular formula is C3H7NOPRaRb. The normalized spacial score (nSPS) is 17.4. The van der Waals surface area contributed by atoms with E-state index in [0.717, 1.165) is 0 Å². The molecule has 0 saturated carbocycles. The van der Waals surface area contributed by atoms with Crippen molar-refractivity contribution < 1.29 is 47.6 Å². The number of Topliss-reactive ketones (excluding diaryl/α,β-unsaturated/α-hetero) is 1. The molecule has 0 rings (SSSR count). The molecule has 0 aromatic rings. The van der Waals surface area contributed by atoms with E-state index in [4.69, 9.17) is 0 Å². The summed E-state index contributed by atoms with van der Waals surface area (Å²) >= 11 is 0.753. The molecule has 0 aromatic heterocycles. The summed E-state index contributed by atoms with van der Waals surface area (Å²) in [4.78, 5) is 10.7. The van der Waals surface area contributed by atoms with Gasteiger partial charge in [0.25, 0.3) is 0 Å². The minimum absolute atomic E-state index is 0.0553. The molecule has 0 heterocycles. The zero-order valence-electron chi connectivity index (χ0n) is 5.49. The summed E-state index contributed by atoms with van der Waals surface area (Å²) in [5, 5.41) is 3.00. The number of nitrogens with one attached hydrogen (secondary N) is 1. The number of carbonyl (C=O) groups is 1. The van der Waals surface area contributed by atoms with Crippen molar-refractivity contribution in [1.82, 2.24) is 5.09 Å². The van der Waals surface area contributed by atoms with Gasteiger partial charge in [-0.1, -0.05) is 0 Å². The van der Waals surface area contributed by atoms with Gasteiger partial charge in [-0.25, -0.2) is 0 Å². The Hall–Kier alpha value is 3.33. The van der Waals surface area contributed by atoms with Gasteiger partial charge in [0.15, 0.2) is 0 Å². The van der Waals surface area contributed by atoms with E-state index in [-0.39, 0.29) is -6.35 Å². The number of ketones is 1. The second kappa shape index (κ2) is 5.06. The van der Waals surface area contributed by atoms with Gasteiger partial charge in [0.1, 0.15) is 0 Å². The molecule has 0 bridgehead atoms. The van der Waals surface area contributed by atoms with E-state index >= 15 is 0 Å². The maximum absolute atomic E-state index is 10.7.